The van der Waals surface area contributed by atoms with E-state index in [1.54, 1.807) is 0 Å². The van der Waals surface area contributed by atoms with Crippen LogP contribution in [-0.2, 0) is 0 Å². The molecule has 0 radical (unpaired) electrons. The molecule has 0 aromatic heterocycles. The van der Waals surface area contributed by atoms with Gasteiger partial charge in [-0.25, -0.2) is 0 Å². The van der Waals surface area contributed by atoms with E-state index >= 15 is 0 Å². The van der Waals surface area contributed by atoms with Crippen LogP contribution in [0.3, 0.4) is 0 Å². The van der Waals surface area contributed by atoms with E-state index in [4.69, 9.17) is 58.0 Å². The Labute approximate surface area is 91.1 Å². The fourth-order valence-corrected chi connectivity index (χ4v) is 2.93. The third kappa shape index (κ3) is 2.22. The van der Waals surface area contributed by atoms with Crippen molar-refractivity contribution in [3.05, 3.63) is 0 Å². The van der Waals surface area contributed by atoms with Gasteiger partial charge in [-0.05, 0) is 6.42 Å². The molecule has 1 saturated carbocycles. The molecule has 0 nitrogen and oxygen atoms in total. The minimum absolute atomic E-state index is 0.170. The van der Waals surface area contributed by atoms with Crippen LogP contribution in [0.1, 0.15) is 6.42 Å². The Morgan fingerprint density at radius 3 is 1.36 bits per heavy atom. The van der Waals surface area contributed by atoms with Gasteiger partial charge >= 0.3 is 0 Å². The number of halogens is 5. The van der Waals surface area contributed by atoms with Crippen LogP contribution in [0.2, 0.25) is 0 Å². The summed E-state index contributed by atoms with van der Waals surface area (Å²) in [5, 5.41) is -1.24. The second kappa shape index (κ2) is 4.11. The van der Waals surface area contributed by atoms with Crippen molar-refractivity contribution in [2.45, 2.75) is 33.3 Å². The molecule has 0 aromatic carbocycles. The van der Waals surface area contributed by atoms with E-state index in [1.807, 2.05) is 0 Å². The summed E-state index contributed by atoms with van der Waals surface area (Å²) in [6.45, 7) is 0. The van der Waals surface area contributed by atoms with Crippen LogP contribution in [0.25, 0.3) is 0 Å². The molecule has 66 valence electrons. The lowest BCUT2D eigenvalue weighted by molar-refractivity contribution is 0.537. The molecule has 1 aliphatic rings. The van der Waals surface area contributed by atoms with Crippen molar-refractivity contribution in [1.82, 2.24) is 0 Å². The SMILES string of the molecule is ClC1CC(Cl)C(Cl)C(Cl)C1Cl. The molecule has 0 amide bonds. The summed E-state index contributed by atoms with van der Waals surface area (Å²) in [6, 6.07) is 0. The number of alkyl halides is 5. The Balaban J connectivity index is 2.63. The fraction of sp³-hybridized carbons (Fsp3) is 1.00. The fourth-order valence-electron chi connectivity index (χ4n) is 1.05. The summed E-state index contributed by atoms with van der Waals surface area (Å²) in [5.41, 5.74) is 0. The van der Waals surface area contributed by atoms with Gasteiger partial charge in [0.1, 0.15) is 0 Å². The molecule has 1 aliphatic carbocycles. The standard InChI is InChI=1S/C6H7Cl5/c7-2-1-3(8)5(10)6(11)4(2)9/h2-6H,1H2. The van der Waals surface area contributed by atoms with Crippen molar-refractivity contribution in [1.29, 1.82) is 0 Å². The molecule has 0 N–H and O–H groups in total. The van der Waals surface area contributed by atoms with Gasteiger partial charge in [0.15, 0.2) is 0 Å². The topological polar surface area (TPSA) is 0 Å². The summed E-state index contributed by atoms with van der Waals surface area (Å²) in [4.78, 5) is 0. The van der Waals surface area contributed by atoms with Gasteiger partial charge in [0.05, 0.1) is 26.9 Å². The van der Waals surface area contributed by atoms with Crippen molar-refractivity contribution < 1.29 is 0 Å². The van der Waals surface area contributed by atoms with Gasteiger partial charge < -0.3 is 0 Å². The van der Waals surface area contributed by atoms with Gasteiger partial charge in [-0.1, -0.05) is 0 Å². The minimum Gasteiger partial charge on any atom is -0.121 e. The maximum atomic E-state index is 5.87. The highest BCUT2D eigenvalue weighted by atomic mass is 35.5. The third-order valence-corrected chi connectivity index (χ3v) is 4.86. The molecule has 0 saturated heterocycles. The summed E-state index contributed by atoms with van der Waals surface area (Å²) < 4.78 is 0. The van der Waals surface area contributed by atoms with E-state index in [0.29, 0.717) is 6.42 Å². The first-order chi connectivity index (χ1) is 5.04. The van der Waals surface area contributed by atoms with Crippen LogP contribution in [-0.4, -0.2) is 26.9 Å². The average Bonchev–Trinajstić information content (AvgIpc) is 1.97. The van der Waals surface area contributed by atoms with Gasteiger partial charge in [-0.3, -0.25) is 0 Å². The van der Waals surface area contributed by atoms with Crippen LogP contribution in [0, 0.1) is 0 Å². The molecular weight excluding hydrogens is 249 g/mol. The van der Waals surface area contributed by atoms with Crippen molar-refractivity contribution in [3.63, 3.8) is 0 Å². The predicted molar refractivity (Wildman–Crippen MR) is 52.8 cm³/mol. The second-order valence-electron chi connectivity index (χ2n) is 2.60. The molecule has 11 heavy (non-hydrogen) atoms. The first-order valence-corrected chi connectivity index (χ1v) is 5.42. The van der Waals surface area contributed by atoms with Gasteiger partial charge in [0.25, 0.3) is 0 Å². The van der Waals surface area contributed by atoms with Crippen LogP contribution in [0.4, 0.5) is 0 Å². The van der Waals surface area contributed by atoms with Gasteiger partial charge in [0, 0.05) is 0 Å². The largest absolute Gasteiger partial charge is 0.121 e. The Hall–Kier alpha value is 1.45. The van der Waals surface area contributed by atoms with Crippen molar-refractivity contribution in [2.24, 2.45) is 0 Å². The Morgan fingerprint density at radius 1 is 0.636 bits per heavy atom. The maximum absolute atomic E-state index is 5.87. The quantitative estimate of drug-likeness (QED) is 0.583. The van der Waals surface area contributed by atoms with Crippen LogP contribution in [0.5, 0.6) is 0 Å². The summed E-state index contributed by atoms with van der Waals surface area (Å²) in [6.07, 6.45) is 0.620. The van der Waals surface area contributed by atoms with Crippen molar-refractivity contribution in [3.8, 4) is 0 Å². The molecule has 0 heterocycles. The molecule has 4 atom stereocenters. The highest BCUT2D eigenvalue weighted by Gasteiger charge is 2.40. The highest BCUT2D eigenvalue weighted by Crippen LogP contribution is 2.36. The van der Waals surface area contributed by atoms with Gasteiger partial charge in [-0.15, -0.1) is 58.0 Å². The van der Waals surface area contributed by atoms with E-state index in [9.17, 15) is 0 Å². The van der Waals surface area contributed by atoms with Gasteiger partial charge in [-0.2, -0.15) is 0 Å². The molecule has 0 bridgehead atoms. The summed E-state index contributed by atoms with van der Waals surface area (Å²) >= 11 is 29.3. The lowest BCUT2D eigenvalue weighted by Gasteiger charge is -2.34. The maximum Gasteiger partial charge on any atom is 0.0692 e. The zero-order chi connectivity index (χ0) is 8.59. The molecule has 4 unspecified atom stereocenters. The van der Waals surface area contributed by atoms with Crippen molar-refractivity contribution >= 4 is 58.0 Å². The molecule has 1 rings (SSSR count). The molecule has 5 heteroatoms. The van der Waals surface area contributed by atoms with Crippen LogP contribution in [0.15, 0.2) is 0 Å². The molecule has 0 spiro atoms. The monoisotopic (exact) mass is 254 g/mol. The van der Waals surface area contributed by atoms with Gasteiger partial charge in [0.2, 0.25) is 0 Å². The van der Waals surface area contributed by atoms with E-state index in [0.717, 1.165) is 0 Å². The predicted octanol–water partition coefficient (Wildman–Crippen LogP) is 3.43. The summed E-state index contributed by atoms with van der Waals surface area (Å²) in [5.74, 6) is 0. The summed E-state index contributed by atoms with van der Waals surface area (Å²) in [7, 11) is 0. The van der Waals surface area contributed by atoms with Crippen LogP contribution >= 0.6 is 58.0 Å². The van der Waals surface area contributed by atoms with E-state index in [2.05, 4.69) is 0 Å². The lowest BCUT2D eigenvalue weighted by Crippen LogP contribution is -2.44. The van der Waals surface area contributed by atoms with E-state index in [1.165, 1.54) is 0 Å². The molecule has 0 aromatic rings. The normalized spacial score (nSPS) is 52.6. The third-order valence-electron chi connectivity index (χ3n) is 1.75. The first-order valence-electron chi connectivity index (χ1n) is 3.24. The smallest absolute Gasteiger partial charge is 0.0692 e. The first kappa shape index (κ1) is 10.5. The zero-order valence-electron chi connectivity index (χ0n) is 5.48. The second-order valence-corrected chi connectivity index (χ2v) is 5.23. The Bertz CT molecular complexity index is 125. The lowest BCUT2D eigenvalue weighted by atomic mass is 9.98. The average molecular weight is 256 g/mol. The molecule has 0 aliphatic heterocycles. The number of hydrogen-bond acceptors (Lipinski definition) is 0. The molecular formula is C6H7Cl5. The van der Waals surface area contributed by atoms with Crippen LogP contribution < -0.4 is 0 Å². The minimum atomic E-state index is -0.336. The number of rotatable bonds is 0. The molecule has 1 fully saturated rings. The van der Waals surface area contributed by atoms with E-state index < -0.39 is 0 Å². The Morgan fingerprint density at radius 2 is 1.00 bits per heavy atom. The number of hydrogen-bond donors (Lipinski definition) is 0. The van der Waals surface area contributed by atoms with E-state index in [-0.39, 0.29) is 26.9 Å². The van der Waals surface area contributed by atoms with Crippen molar-refractivity contribution in [2.75, 3.05) is 0 Å². The Kier molecular flexibility index (Phi) is 3.93. The highest BCUT2D eigenvalue weighted by molar-refractivity contribution is 6.41. The zero-order valence-corrected chi connectivity index (χ0v) is 9.26.